The quantitative estimate of drug-likeness (QED) is 0.529. The number of H-pyrrole nitrogens is 1. The number of carbonyl (C=O) groups excluding carboxylic acids is 1. The fourth-order valence-electron chi connectivity index (χ4n) is 3.18. The second kappa shape index (κ2) is 7.82. The number of benzene rings is 2. The summed E-state index contributed by atoms with van der Waals surface area (Å²) in [6.07, 6.45) is 4.12. The molecule has 2 N–H and O–H groups in total. The first kappa shape index (κ1) is 18.2. The van der Waals surface area contributed by atoms with Crippen LogP contribution in [0.3, 0.4) is 0 Å². The predicted octanol–water partition coefficient (Wildman–Crippen LogP) is 4.44. The molecule has 0 atom stereocenters. The van der Waals surface area contributed by atoms with E-state index in [2.05, 4.69) is 39.6 Å². The SMILES string of the molecule is Cc1ccccc1Cc1cncc(C(=O)NCc2[nH]nc3ccc(Cl)cc23)c1. The Morgan fingerprint density at radius 3 is 2.86 bits per heavy atom. The van der Waals surface area contributed by atoms with Crippen molar-refractivity contribution < 1.29 is 4.79 Å². The number of aromatic nitrogens is 3. The molecule has 0 unspecified atom stereocenters. The van der Waals surface area contributed by atoms with Crippen LogP contribution in [-0.2, 0) is 13.0 Å². The molecule has 140 valence electrons. The molecule has 1 amide bonds. The second-order valence-corrected chi connectivity index (χ2v) is 7.17. The molecule has 0 aliphatic carbocycles. The Labute approximate surface area is 167 Å². The molecule has 4 rings (SSSR count). The number of fused-ring (bicyclic) bond motifs is 1. The number of rotatable bonds is 5. The molecule has 0 saturated heterocycles. The van der Waals surface area contributed by atoms with Gasteiger partial charge < -0.3 is 5.32 Å². The number of aryl methyl sites for hydroxylation is 1. The average molecular weight is 391 g/mol. The molecule has 2 aromatic heterocycles. The largest absolute Gasteiger partial charge is 0.346 e. The van der Waals surface area contributed by atoms with Crippen molar-refractivity contribution in [1.29, 1.82) is 0 Å². The summed E-state index contributed by atoms with van der Waals surface area (Å²) in [4.78, 5) is 16.8. The van der Waals surface area contributed by atoms with Crippen LogP contribution in [0.2, 0.25) is 5.02 Å². The Morgan fingerprint density at radius 2 is 2.00 bits per heavy atom. The van der Waals surface area contributed by atoms with E-state index in [0.29, 0.717) is 17.1 Å². The van der Waals surface area contributed by atoms with Crippen molar-refractivity contribution in [2.75, 3.05) is 0 Å². The van der Waals surface area contributed by atoms with Gasteiger partial charge in [0.2, 0.25) is 0 Å². The highest BCUT2D eigenvalue weighted by Gasteiger charge is 2.11. The second-order valence-electron chi connectivity index (χ2n) is 6.73. The molecule has 4 aromatic rings. The van der Waals surface area contributed by atoms with Gasteiger partial charge in [-0.1, -0.05) is 35.9 Å². The van der Waals surface area contributed by atoms with E-state index in [0.717, 1.165) is 28.6 Å². The van der Waals surface area contributed by atoms with Gasteiger partial charge >= 0.3 is 0 Å². The van der Waals surface area contributed by atoms with Crippen molar-refractivity contribution in [1.82, 2.24) is 20.5 Å². The summed E-state index contributed by atoms with van der Waals surface area (Å²) >= 11 is 6.06. The van der Waals surface area contributed by atoms with Gasteiger partial charge in [-0.25, -0.2) is 0 Å². The molecule has 6 heteroatoms. The number of pyridine rings is 1. The van der Waals surface area contributed by atoms with Crippen molar-refractivity contribution in [2.45, 2.75) is 19.9 Å². The van der Waals surface area contributed by atoms with E-state index in [1.807, 2.05) is 30.3 Å². The zero-order chi connectivity index (χ0) is 19.5. The van der Waals surface area contributed by atoms with Gasteiger partial charge in [0.15, 0.2) is 0 Å². The van der Waals surface area contributed by atoms with Crippen LogP contribution in [0.4, 0.5) is 0 Å². The number of hydrogen-bond donors (Lipinski definition) is 2. The minimum atomic E-state index is -0.177. The molecule has 0 fully saturated rings. The summed E-state index contributed by atoms with van der Waals surface area (Å²) in [7, 11) is 0. The standard InChI is InChI=1S/C22H19ClN4O/c1-14-4-2-3-5-16(14)8-15-9-17(12-24-11-15)22(28)25-13-21-19-10-18(23)6-7-20(19)26-27-21/h2-7,9-12H,8,13H2,1H3,(H,25,28)(H,26,27). The number of hydrogen-bond acceptors (Lipinski definition) is 3. The molecule has 0 spiro atoms. The lowest BCUT2D eigenvalue weighted by molar-refractivity contribution is 0.0950. The Balaban J connectivity index is 1.47. The summed E-state index contributed by atoms with van der Waals surface area (Å²) in [5.41, 5.74) is 5.61. The number of aromatic amines is 1. The molecular weight excluding hydrogens is 372 g/mol. The molecule has 2 heterocycles. The van der Waals surface area contributed by atoms with Crippen molar-refractivity contribution in [3.8, 4) is 0 Å². The molecule has 0 aliphatic heterocycles. The monoisotopic (exact) mass is 390 g/mol. The Morgan fingerprint density at radius 1 is 1.14 bits per heavy atom. The van der Waals surface area contributed by atoms with E-state index in [-0.39, 0.29) is 5.91 Å². The van der Waals surface area contributed by atoms with Gasteiger partial charge in [-0.05, 0) is 54.3 Å². The van der Waals surface area contributed by atoms with Crippen LogP contribution in [-0.4, -0.2) is 21.1 Å². The summed E-state index contributed by atoms with van der Waals surface area (Å²) in [6.45, 7) is 2.41. The van der Waals surface area contributed by atoms with E-state index < -0.39 is 0 Å². The molecule has 0 bridgehead atoms. The van der Waals surface area contributed by atoms with Crippen molar-refractivity contribution in [3.63, 3.8) is 0 Å². The van der Waals surface area contributed by atoms with Crippen LogP contribution in [0.25, 0.3) is 10.9 Å². The maximum absolute atomic E-state index is 12.6. The number of halogens is 1. The van der Waals surface area contributed by atoms with Crippen LogP contribution in [0.5, 0.6) is 0 Å². The van der Waals surface area contributed by atoms with Crippen LogP contribution in [0.15, 0.2) is 60.9 Å². The summed E-state index contributed by atoms with van der Waals surface area (Å²) in [6, 6.07) is 15.6. The molecule has 0 radical (unpaired) electrons. The lowest BCUT2D eigenvalue weighted by Crippen LogP contribution is -2.23. The maximum atomic E-state index is 12.6. The minimum Gasteiger partial charge on any atom is -0.346 e. The van der Waals surface area contributed by atoms with Crippen molar-refractivity contribution in [2.24, 2.45) is 0 Å². The van der Waals surface area contributed by atoms with E-state index >= 15 is 0 Å². The minimum absolute atomic E-state index is 0.177. The Hall–Kier alpha value is -3.18. The number of nitrogens with one attached hydrogen (secondary N) is 2. The lowest BCUT2D eigenvalue weighted by Gasteiger charge is -2.08. The van der Waals surface area contributed by atoms with Crippen molar-refractivity contribution >= 4 is 28.4 Å². The zero-order valence-corrected chi connectivity index (χ0v) is 16.1. The van der Waals surface area contributed by atoms with Gasteiger partial charge in [-0.15, -0.1) is 0 Å². The first-order chi connectivity index (χ1) is 13.6. The third-order valence-corrected chi connectivity index (χ3v) is 4.97. The zero-order valence-electron chi connectivity index (χ0n) is 15.4. The Kier molecular flexibility index (Phi) is 5.08. The number of carbonyl (C=O) groups is 1. The van der Waals surface area contributed by atoms with Crippen LogP contribution < -0.4 is 5.32 Å². The van der Waals surface area contributed by atoms with Crippen molar-refractivity contribution in [3.05, 3.63) is 93.9 Å². The van der Waals surface area contributed by atoms with Crippen LogP contribution in [0.1, 0.15) is 32.7 Å². The third-order valence-electron chi connectivity index (χ3n) is 4.73. The molecular formula is C22H19ClN4O. The molecule has 5 nitrogen and oxygen atoms in total. The normalized spacial score (nSPS) is 10.9. The van der Waals surface area contributed by atoms with E-state index in [1.165, 1.54) is 11.1 Å². The van der Waals surface area contributed by atoms with E-state index in [1.54, 1.807) is 18.5 Å². The highest BCUT2D eigenvalue weighted by atomic mass is 35.5. The van der Waals surface area contributed by atoms with Gasteiger partial charge in [0, 0.05) is 22.8 Å². The topological polar surface area (TPSA) is 70.7 Å². The summed E-state index contributed by atoms with van der Waals surface area (Å²) in [5, 5.41) is 11.6. The van der Waals surface area contributed by atoms with Crippen LogP contribution >= 0.6 is 11.6 Å². The smallest absolute Gasteiger partial charge is 0.253 e. The van der Waals surface area contributed by atoms with Gasteiger partial charge in [-0.2, -0.15) is 5.10 Å². The first-order valence-electron chi connectivity index (χ1n) is 8.99. The summed E-state index contributed by atoms with van der Waals surface area (Å²) < 4.78 is 0. The fourth-order valence-corrected chi connectivity index (χ4v) is 3.35. The molecule has 28 heavy (non-hydrogen) atoms. The first-order valence-corrected chi connectivity index (χ1v) is 9.37. The predicted molar refractivity (Wildman–Crippen MR) is 110 cm³/mol. The highest BCUT2D eigenvalue weighted by Crippen LogP contribution is 2.20. The van der Waals surface area contributed by atoms with Gasteiger partial charge in [0.25, 0.3) is 5.91 Å². The van der Waals surface area contributed by atoms with Crippen LogP contribution in [0, 0.1) is 6.92 Å². The van der Waals surface area contributed by atoms with Gasteiger partial charge in [-0.3, -0.25) is 14.9 Å². The Bertz CT molecular complexity index is 1150. The maximum Gasteiger partial charge on any atom is 0.253 e. The highest BCUT2D eigenvalue weighted by molar-refractivity contribution is 6.31. The molecule has 0 aliphatic rings. The molecule has 2 aromatic carbocycles. The molecule has 0 saturated carbocycles. The fraction of sp³-hybridized carbons (Fsp3) is 0.136. The average Bonchev–Trinajstić information content (AvgIpc) is 3.10. The number of nitrogens with zero attached hydrogens (tertiary/aromatic N) is 2. The summed E-state index contributed by atoms with van der Waals surface area (Å²) in [5.74, 6) is -0.177. The lowest BCUT2D eigenvalue weighted by atomic mass is 10.0. The van der Waals surface area contributed by atoms with E-state index in [4.69, 9.17) is 11.6 Å². The van der Waals surface area contributed by atoms with Gasteiger partial charge in [0.1, 0.15) is 0 Å². The number of amides is 1. The van der Waals surface area contributed by atoms with E-state index in [9.17, 15) is 4.79 Å². The third kappa shape index (κ3) is 3.89. The van der Waals surface area contributed by atoms with Gasteiger partial charge in [0.05, 0.1) is 23.3 Å².